The van der Waals surface area contributed by atoms with Crippen LogP contribution in [0.1, 0.15) is 58.4 Å². The zero-order chi connectivity index (χ0) is 15.6. The van der Waals surface area contributed by atoms with Gasteiger partial charge in [0.05, 0.1) is 0 Å². The summed E-state index contributed by atoms with van der Waals surface area (Å²) >= 11 is 0. The first kappa shape index (κ1) is 16.1. The van der Waals surface area contributed by atoms with Gasteiger partial charge in [-0.1, -0.05) is 51.1 Å². The predicted octanol–water partition coefficient (Wildman–Crippen LogP) is 5.06. The molecule has 0 heterocycles. The second kappa shape index (κ2) is 6.74. The van der Waals surface area contributed by atoms with Gasteiger partial charge in [-0.3, -0.25) is 0 Å². The summed E-state index contributed by atoms with van der Waals surface area (Å²) in [4.78, 5) is 0. The van der Waals surface area contributed by atoms with Gasteiger partial charge >= 0.3 is 0 Å². The van der Waals surface area contributed by atoms with E-state index in [-0.39, 0.29) is 0 Å². The van der Waals surface area contributed by atoms with Crippen LogP contribution in [0, 0.1) is 23.2 Å². The standard InChI is InChI=1S/C21H33N/c1-21(2,3)19-10-9-17(15-22-20-11-12-20)18(14-19)13-16-7-5-4-6-8-16/h4-8,17-20,22H,9-15H2,1-3H3. The summed E-state index contributed by atoms with van der Waals surface area (Å²) in [5.41, 5.74) is 1.99. The Kier molecular flexibility index (Phi) is 4.92. The van der Waals surface area contributed by atoms with Crippen molar-refractivity contribution >= 4 is 0 Å². The number of rotatable bonds is 5. The third-order valence-electron chi connectivity index (χ3n) is 5.95. The average Bonchev–Trinajstić information content (AvgIpc) is 3.30. The van der Waals surface area contributed by atoms with E-state index in [0.717, 1.165) is 23.8 Å². The van der Waals surface area contributed by atoms with Crippen molar-refractivity contribution in [3.63, 3.8) is 0 Å². The first-order chi connectivity index (χ1) is 10.5. The molecular weight excluding hydrogens is 266 g/mol. The number of benzene rings is 1. The summed E-state index contributed by atoms with van der Waals surface area (Å²) in [7, 11) is 0. The Morgan fingerprint density at radius 1 is 0.955 bits per heavy atom. The highest BCUT2D eigenvalue weighted by Gasteiger charge is 2.36. The van der Waals surface area contributed by atoms with Gasteiger partial charge in [0.1, 0.15) is 0 Å². The molecule has 0 radical (unpaired) electrons. The lowest BCUT2D eigenvalue weighted by atomic mass is 9.64. The molecule has 1 nitrogen and oxygen atoms in total. The van der Waals surface area contributed by atoms with Crippen LogP contribution in [0.25, 0.3) is 0 Å². The Morgan fingerprint density at radius 2 is 1.68 bits per heavy atom. The molecule has 2 saturated carbocycles. The van der Waals surface area contributed by atoms with Gasteiger partial charge in [-0.05, 0) is 73.8 Å². The molecule has 0 aliphatic heterocycles. The second-order valence-electron chi connectivity index (χ2n) is 8.77. The molecule has 3 atom stereocenters. The van der Waals surface area contributed by atoms with Crippen LogP contribution in [0.3, 0.4) is 0 Å². The highest BCUT2D eigenvalue weighted by Crippen LogP contribution is 2.43. The van der Waals surface area contributed by atoms with Gasteiger partial charge in [-0.15, -0.1) is 0 Å². The second-order valence-corrected chi connectivity index (χ2v) is 8.77. The van der Waals surface area contributed by atoms with E-state index in [1.54, 1.807) is 0 Å². The molecule has 2 fully saturated rings. The maximum atomic E-state index is 3.80. The van der Waals surface area contributed by atoms with Crippen LogP contribution < -0.4 is 5.32 Å². The van der Waals surface area contributed by atoms with Crippen molar-refractivity contribution in [2.45, 2.75) is 65.3 Å². The Hall–Kier alpha value is -0.820. The zero-order valence-electron chi connectivity index (χ0n) is 14.6. The van der Waals surface area contributed by atoms with E-state index in [0.29, 0.717) is 5.41 Å². The van der Waals surface area contributed by atoms with E-state index in [2.05, 4.69) is 56.4 Å². The molecular formula is C21H33N. The van der Waals surface area contributed by atoms with Crippen LogP contribution >= 0.6 is 0 Å². The minimum atomic E-state index is 0.462. The highest BCUT2D eigenvalue weighted by molar-refractivity contribution is 5.15. The summed E-state index contributed by atoms with van der Waals surface area (Å²) in [6, 6.07) is 12.0. The quantitative estimate of drug-likeness (QED) is 0.801. The van der Waals surface area contributed by atoms with Gasteiger partial charge in [0.25, 0.3) is 0 Å². The van der Waals surface area contributed by atoms with E-state index < -0.39 is 0 Å². The van der Waals surface area contributed by atoms with Gasteiger partial charge in [-0.2, -0.15) is 0 Å². The van der Waals surface area contributed by atoms with E-state index in [1.807, 2.05) is 0 Å². The van der Waals surface area contributed by atoms with Gasteiger partial charge in [0.2, 0.25) is 0 Å². The Labute approximate surface area is 136 Å². The molecule has 0 bridgehead atoms. The summed E-state index contributed by atoms with van der Waals surface area (Å²) in [5.74, 6) is 2.62. The highest BCUT2D eigenvalue weighted by atomic mass is 14.9. The third kappa shape index (κ3) is 4.35. The van der Waals surface area contributed by atoms with Gasteiger partial charge in [-0.25, -0.2) is 0 Å². The lowest BCUT2D eigenvalue weighted by Gasteiger charge is -2.42. The van der Waals surface area contributed by atoms with Gasteiger partial charge in [0, 0.05) is 6.04 Å². The van der Waals surface area contributed by atoms with E-state index in [4.69, 9.17) is 0 Å². The molecule has 22 heavy (non-hydrogen) atoms. The first-order valence-corrected chi connectivity index (χ1v) is 9.29. The molecule has 0 spiro atoms. The average molecular weight is 300 g/mol. The van der Waals surface area contributed by atoms with Crippen LogP contribution in [-0.4, -0.2) is 12.6 Å². The summed E-state index contributed by atoms with van der Waals surface area (Å²) < 4.78 is 0. The topological polar surface area (TPSA) is 12.0 Å². The van der Waals surface area contributed by atoms with Crippen LogP contribution in [0.2, 0.25) is 0 Å². The summed E-state index contributed by atoms with van der Waals surface area (Å²) in [6.07, 6.45) is 8.33. The number of hydrogen-bond donors (Lipinski definition) is 1. The van der Waals surface area contributed by atoms with Crippen molar-refractivity contribution < 1.29 is 0 Å². The third-order valence-corrected chi connectivity index (χ3v) is 5.95. The molecule has 0 aromatic heterocycles. The van der Waals surface area contributed by atoms with Crippen molar-refractivity contribution in [2.75, 3.05) is 6.54 Å². The van der Waals surface area contributed by atoms with E-state index in [1.165, 1.54) is 50.6 Å². The Bertz CT molecular complexity index is 455. The molecule has 1 aromatic carbocycles. The monoisotopic (exact) mass is 299 g/mol. The fourth-order valence-corrected chi connectivity index (χ4v) is 4.15. The van der Waals surface area contributed by atoms with E-state index >= 15 is 0 Å². The molecule has 122 valence electrons. The van der Waals surface area contributed by atoms with Crippen molar-refractivity contribution in [1.29, 1.82) is 0 Å². The van der Waals surface area contributed by atoms with Gasteiger partial charge in [0.15, 0.2) is 0 Å². The van der Waals surface area contributed by atoms with E-state index in [9.17, 15) is 0 Å². The molecule has 0 amide bonds. The minimum Gasteiger partial charge on any atom is -0.314 e. The Morgan fingerprint density at radius 3 is 2.32 bits per heavy atom. The number of nitrogens with one attached hydrogen (secondary N) is 1. The smallest absolute Gasteiger partial charge is 0.00683 e. The van der Waals surface area contributed by atoms with Crippen molar-refractivity contribution in [3.8, 4) is 0 Å². The molecule has 3 unspecified atom stereocenters. The van der Waals surface area contributed by atoms with Crippen molar-refractivity contribution in [3.05, 3.63) is 35.9 Å². The summed E-state index contributed by atoms with van der Waals surface area (Å²) in [6.45, 7) is 8.54. The minimum absolute atomic E-state index is 0.462. The fourth-order valence-electron chi connectivity index (χ4n) is 4.15. The molecule has 0 saturated heterocycles. The molecule has 2 aliphatic carbocycles. The maximum absolute atomic E-state index is 3.80. The van der Waals surface area contributed by atoms with Crippen molar-refractivity contribution in [2.24, 2.45) is 23.2 Å². The first-order valence-electron chi connectivity index (χ1n) is 9.29. The van der Waals surface area contributed by atoms with Crippen LogP contribution in [0.15, 0.2) is 30.3 Å². The molecule has 1 aromatic rings. The molecule has 1 heteroatoms. The van der Waals surface area contributed by atoms with Gasteiger partial charge < -0.3 is 5.32 Å². The molecule has 3 rings (SSSR count). The largest absolute Gasteiger partial charge is 0.314 e. The number of hydrogen-bond acceptors (Lipinski definition) is 1. The predicted molar refractivity (Wildman–Crippen MR) is 94.9 cm³/mol. The molecule has 1 N–H and O–H groups in total. The zero-order valence-corrected chi connectivity index (χ0v) is 14.6. The van der Waals surface area contributed by atoms with Crippen LogP contribution in [0.4, 0.5) is 0 Å². The Balaban J connectivity index is 1.65. The maximum Gasteiger partial charge on any atom is 0.00683 e. The normalized spacial score (nSPS) is 29.5. The summed E-state index contributed by atoms with van der Waals surface area (Å²) in [5, 5.41) is 3.80. The lowest BCUT2D eigenvalue weighted by molar-refractivity contribution is 0.0969. The fraction of sp³-hybridized carbons (Fsp3) is 0.714. The SMILES string of the molecule is CC(C)(C)C1CCC(CNC2CC2)C(Cc2ccccc2)C1. The van der Waals surface area contributed by atoms with Crippen LogP contribution in [-0.2, 0) is 6.42 Å². The van der Waals surface area contributed by atoms with Crippen molar-refractivity contribution in [1.82, 2.24) is 5.32 Å². The van der Waals surface area contributed by atoms with Crippen LogP contribution in [0.5, 0.6) is 0 Å². The lowest BCUT2D eigenvalue weighted by Crippen LogP contribution is -2.38. The molecule has 2 aliphatic rings.